The van der Waals surface area contributed by atoms with E-state index in [4.69, 9.17) is 10.1 Å². The molecule has 0 radical (unpaired) electrons. The standard InChI is InChI=1S/C29H36N8O7S2/c1-34-6-5-22-23(17-34)45-27(32-22)28(39)37-8-7-36(16-20(37)15-25(38)35-9-11-44-12-10-35)46(41,42)24-14-19-13-18(3-4-21(19)31-24)26(30)33-29(40)43-2/h3-4,13-14,20,31H,5-12,15-17H2,1-2H3,(H2,30,33,40). The van der Waals surface area contributed by atoms with Gasteiger partial charge < -0.3 is 29.2 Å². The number of H-pyrrole nitrogens is 1. The van der Waals surface area contributed by atoms with Crippen LogP contribution in [0.1, 0.15) is 32.4 Å². The Hall–Kier alpha value is -3.90. The van der Waals surface area contributed by atoms with Crippen molar-refractivity contribution in [1.82, 2.24) is 34.3 Å². The Balaban J connectivity index is 1.24. The summed E-state index contributed by atoms with van der Waals surface area (Å²) < 4.78 is 39.1. The summed E-state index contributed by atoms with van der Waals surface area (Å²) >= 11 is 1.36. The van der Waals surface area contributed by atoms with Crippen LogP contribution in [0.15, 0.2) is 29.3 Å². The first-order valence-electron chi connectivity index (χ1n) is 14.9. The number of alkyl carbamates (subject to hydrolysis) is 1. The van der Waals surface area contributed by atoms with E-state index in [1.807, 2.05) is 7.05 Å². The molecule has 1 atom stereocenters. The molecule has 1 unspecified atom stereocenters. The number of ether oxygens (including phenoxy) is 2. The lowest BCUT2D eigenvalue weighted by Gasteiger charge is -2.41. The molecular formula is C29H36N8O7S2. The van der Waals surface area contributed by atoms with Crippen LogP contribution in [0.5, 0.6) is 0 Å². The second kappa shape index (κ2) is 13.1. The summed E-state index contributed by atoms with van der Waals surface area (Å²) in [5.41, 5.74) is 1.82. The molecule has 5 heterocycles. The van der Waals surface area contributed by atoms with Crippen LogP contribution < -0.4 is 5.32 Å². The van der Waals surface area contributed by atoms with E-state index in [1.54, 1.807) is 28.0 Å². The molecule has 3 aliphatic heterocycles. The highest BCUT2D eigenvalue weighted by atomic mass is 32.2. The molecule has 46 heavy (non-hydrogen) atoms. The predicted octanol–water partition coefficient (Wildman–Crippen LogP) is 1.06. The van der Waals surface area contributed by atoms with Crippen LogP contribution in [0.2, 0.25) is 0 Å². The molecule has 0 aliphatic carbocycles. The van der Waals surface area contributed by atoms with Gasteiger partial charge in [-0.3, -0.25) is 20.3 Å². The summed E-state index contributed by atoms with van der Waals surface area (Å²) in [6, 6.07) is 5.58. The molecular weight excluding hydrogens is 637 g/mol. The summed E-state index contributed by atoms with van der Waals surface area (Å²) in [7, 11) is -0.845. The number of aromatic amines is 1. The van der Waals surface area contributed by atoms with Gasteiger partial charge in [-0.1, -0.05) is 0 Å². The van der Waals surface area contributed by atoms with Gasteiger partial charge in [0.25, 0.3) is 15.9 Å². The summed E-state index contributed by atoms with van der Waals surface area (Å²) in [4.78, 5) is 52.9. The second-order valence-electron chi connectivity index (χ2n) is 11.5. The van der Waals surface area contributed by atoms with Crippen molar-refractivity contribution in [3.63, 3.8) is 0 Å². The molecule has 2 saturated heterocycles. The SMILES string of the molecule is COC(=O)NC(=N)c1ccc2[nH]c(S(=O)(=O)N3CCN(C(=O)c4nc5c(s4)CN(C)CC5)C(CC(=O)N4CCOCC4)C3)cc2c1. The number of amidine groups is 1. The maximum Gasteiger partial charge on any atom is 0.412 e. The lowest BCUT2D eigenvalue weighted by molar-refractivity contribution is -0.136. The zero-order chi connectivity index (χ0) is 32.6. The molecule has 2 aromatic heterocycles. The molecule has 2 fully saturated rings. The molecule has 1 aromatic carbocycles. The number of benzene rings is 1. The number of sulfonamides is 1. The number of aromatic nitrogens is 2. The van der Waals surface area contributed by atoms with Crippen LogP contribution in [0, 0.1) is 5.41 Å². The molecule has 3 aliphatic rings. The molecule has 0 saturated carbocycles. The Labute approximate surface area is 270 Å². The van der Waals surface area contributed by atoms with E-state index in [0.717, 1.165) is 30.1 Å². The van der Waals surface area contributed by atoms with Gasteiger partial charge in [-0.05, 0) is 31.3 Å². The van der Waals surface area contributed by atoms with Crippen LogP contribution in [0.4, 0.5) is 4.79 Å². The third kappa shape index (κ3) is 6.50. The molecule has 3 N–H and O–H groups in total. The third-order valence-corrected chi connectivity index (χ3v) is 11.4. The van der Waals surface area contributed by atoms with E-state index in [9.17, 15) is 22.8 Å². The Morgan fingerprint density at radius 3 is 2.70 bits per heavy atom. The highest BCUT2D eigenvalue weighted by Gasteiger charge is 2.40. The fourth-order valence-corrected chi connectivity index (χ4v) is 8.56. The molecule has 0 bridgehead atoms. The highest BCUT2D eigenvalue weighted by molar-refractivity contribution is 7.89. The topological polar surface area (TPSA) is 181 Å². The van der Waals surface area contributed by atoms with Gasteiger partial charge in [-0.15, -0.1) is 11.3 Å². The van der Waals surface area contributed by atoms with E-state index in [-0.39, 0.29) is 48.7 Å². The number of nitrogens with one attached hydrogen (secondary N) is 3. The Kier molecular flexibility index (Phi) is 9.11. The zero-order valence-corrected chi connectivity index (χ0v) is 27.2. The predicted molar refractivity (Wildman–Crippen MR) is 168 cm³/mol. The molecule has 6 rings (SSSR count). The number of carbonyl (C=O) groups excluding carboxylic acids is 3. The van der Waals surface area contributed by atoms with E-state index in [2.05, 4.69) is 24.9 Å². The molecule has 17 heteroatoms. The number of fused-ring (bicyclic) bond motifs is 2. The van der Waals surface area contributed by atoms with Crippen molar-refractivity contribution in [3.8, 4) is 0 Å². The van der Waals surface area contributed by atoms with Crippen LogP contribution in [0.3, 0.4) is 0 Å². The largest absolute Gasteiger partial charge is 0.453 e. The fourth-order valence-electron chi connectivity index (χ4n) is 5.93. The van der Waals surface area contributed by atoms with Crippen LogP contribution >= 0.6 is 11.3 Å². The molecule has 246 valence electrons. The average molecular weight is 673 g/mol. The first-order valence-corrected chi connectivity index (χ1v) is 17.2. The number of thiazole rings is 1. The lowest BCUT2D eigenvalue weighted by atomic mass is 10.1. The van der Waals surface area contributed by atoms with Gasteiger partial charge in [0, 0.05) is 80.0 Å². The number of nitrogens with zero attached hydrogens (tertiary/aromatic N) is 5. The van der Waals surface area contributed by atoms with Crippen molar-refractivity contribution in [3.05, 3.63) is 45.4 Å². The quantitative estimate of drug-likeness (QED) is 0.255. The van der Waals surface area contributed by atoms with Crippen LogP contribution in [-0.4, -0.2) is 134 Å². The smallest absolute Gasteiger partial charge is 0.412 e. The van der Waals surface area contributed by atoms with Gasteiger partial charge in [0.2, 0.25) is 5.91 Å². The van der Waals surface area contributed by atoms with Crippen molar-refractivity contribution in [2.75, 3.05) is 66.6 Å². The fraction of sp³-hybridized carbons (Fsp3) is 0.483. The summed E-state index contributed by atoms with van der Waals surface area (Å²) in [6.07, 6.45) is -0.0595. The number of piperazine rings is 1. The average Bonchev–Trinajstić information content (AvgIpc) is 3.69. The maximum absolute atomic E-state index is 14.0. The third-order valence-electron chi connectivity index (χ3n) is 8.50. The van der Waals surface area contributed by atoms with Crippen LogP contribution in [0.25, 0.3) is 10.9 Å². The van der Waals surface area contributed by atoms with Crippen molar-refractivity contribution in [2.45, 2.75) is 30.5 Å². The number of amides is 3. The van der Waals surface area contributed by atoms with Gasteiger partial charge in [0.05, 0.1) is 32.1 Å². The number of rotatable bonds is 6. The van der Waals surface area contributed by atoms with Crippen molar-refractivity contribution >= 4 is 56.0 Å². The number of morpholine rings is 1. The minimum Gasteiger partial charge on any atom is -0.453 e. The first kappa shape index (κ1) is 32.1. The summed E-state index contributed by atoms with van der Waals surface area (Å²) in [5.74, 6) is -0.646. The monoisotopic (exact) mass is 672 g/mol. The van der Waals surface area contributed by atoms with E-state index in [0.29, 0.717) is 47.8 Å². The molecule has 3 amide bonds. The van der Waals surface area contributed by atoms with E-state index >= 15 is 0 Å². The second-order valence-corrected chi connectivity index (χ2v) is 14.5. The number of hydrogen-bond donors (Lipinski definition) is 3. The number of methoxy groups -OCH3 is 1. The van der Waals surface area contributed by atoms with Gasteiger partial charge in [-0.25, -0.2) is 18.2 Å². The Morgan fingerprint density at radius 2 is 1.93 bits per heavy atom. The molecule has 0 spiro atoms. The Morgan fingerprint density at radius 1 is 1.15 bits per heavy atom. The van der Waals surface area contributed by atoms with Gasteiger partial charge in [0.15, 0.2) is 5.01 Å². The minimum atomic E-state index is -4.06. The summed E-state index contributed by atoms with van der Waals surface area (Å²) in [6.45, 7) is 3.41. The highest BCUT2D eigenvalue weighted by Crippen LogP contribution is 2.29. The van der Waals surface area contributed by atoms with Gasteiger partial charge >= 0.3 is 6.09 Å². The minimum absolute atomic E-state index is 0.0308. The number of hydrogen-bond acceptors (Lipinski definition) is 11. The summed E-state index contributed by atoms with van der Waals surface area (Å²) in [5, 5.41) is 11.2. The van der Waals surface area contributed by atoms with Gasteiger partial charge in [0.1, 0.15) is 10.9 Å². The normalized spacial score (nSPS) is 19.6. The molecule has 3 aromatic rings. The zero-order valence-electron chi connectivity index (χ0n) is 25.6. The molecule has 15 nitrogen and oxygen atoms in total. The lowest BCUT2D eigenvalue weighted by Crippen LogP contribution is -2.58. The first-order chi connectivity index (χ1) is 22.0. The van der Waals surface area contributed by atoms with Gasteiger partial charge in [-0.2, -0.15) is 4.31 Å². The van der Waals surface area contributed by atoms with Crippen molar-refractivity contribution in [1.29, 1.82) is 5.41 Å². The van der Waals surface area contributed by atoms with Crippen LogP contribution in [-0.2, 0) is 37.3 Å². The van der Waals surface area contributed by atoms with E-state index < -0.39 is 22.2 Å². The van der Waals surface area contributed by atoms with Crippen molar-refractivity contribution < 1.29 is 32.3 Å². The number of likely N-dealkylation sites (N-methyl/N-ethyl adjacent to an activating group) is 1. The maximum atomic E-state index is 14.0. The number of carbonyl (C=O) groups is 3. The van der Waals surface area contributed by atoms with E-state index in [1.165, 1.54) is 28.8 Å². The van der Waals surface area contributed by atoms with Crippen molar-refractivity contribution in [2.24, 2.45) is 0 Å². The Bertz CT molecular complexity index is 1780.